The Hall–Kier alpha value is -2.54. The lowest BCUT2D eigenvalue weighted by molar-refractivity contribution is -0.122. The first-order valence-electron chi connectivity index (χ1n) is 8.55. The number of amides is 2. The van der Waals surface area contributed by atoms with Gasteiger partial charge in [-0.2, -0.15) is 0 Å². The van der Waals surface area contributed by atoms with E-state index in [-0.39, 0.29) is 5.91 Å². The molecule has 0 bridgehead atoms. The molecule has 0 fully saturated rings. The molecular weight excluding hydrogens is 352 g/mol. The van der Waals surface area contributed by atoms with Gasteiger partial charge < -0.3 is 20.5 Å². The number of methoxy groups -OCH3 is 1. The van der Waals surface area contributed by atoms with Crippen molar-refractivity contribution in [2.75, 3.05) is 12.4 Å². The fourth-order valence-electron chi connectivity index (χ4n) is 3.06. The predicted molar refractivity (Wildman–Crippen MR) is 101 cm³/mol. The molecule has 1 unspecified atom stereocenters. The highest BCUT2D eigenvalue weighted by Crippen LogP contribution is 2.38. The highest BCUT2D eigenvalue weighted by molar-refractivity contribution is 7.17. The van der Waals surface area contributed by atoms with Crippen molar-refractivity contribution in [1.82, 2.24) is 0 Å². The van der Waals surface area contributed by atoms with E-state index in [1.165, 1.54) is 11.3 Å². The Labute approximate surface area is 156 Å². The molecule has 0 saturated carbocycles. The molecule has 6 nitrogen and oxygen atoms in total. The molecule has 138 valence electrons. The number of rotatable bonds is 6. The summed E-state index contributed by atoms with van der Waals surface area (Å²) in [5.74, 6) is 0.361. The number of primary amides is 1. The Morgan fingerprint density at radius 2 is 1.96 bits per heavy atom. The average Bonchev–Trinajstić information content (AvgIpc) is 2.99. The van der Waals surface area contributed by atoms with Crippen LogP contribution in [0.3, 0.4) is 0 Å². The first kappa shape index (κ1) is 18.3. The van der Waals surface area contributed by atoms with E-state index in [9.17, 15) is 9.59 Å². The average molecular weight is 374 g/mol. The van der Waals surface area contributed by atoms with Crippen molar-refractivity contribution in [1.29, 1.82) is 0 Å². The van der Waals surface area contributed by atoms with Gasteiger partial charge >= 0.3 is 0 Å². The minimum absolute atomic E-state index is 0.325. The second-order valence-electron chi connectivity index (χ2n) is 6.21. The van der Waals surface area contributed by atoms with Crippen LogP contribution in [0, 0.1) is 0 Å². The van der Waals surface area contributed by atoms with Crippen LogP contribution in [-0.4, -0.2) is 25.0 Å². The number of carbonyl (C=O) groups is 2. The highest BCUT2D eigenvalue weighted by Gasteiger charge is 2.26. The van der Waals surface area contributed by atoms with Crippen molar-refractivity contribution in [3.05, 3.63) is 40.3 Å². The number of aryl methyl sites for hydroxylation is 1. The minimum Gasteiger partial charge on any atom is -0.497 e. The minimum atomic E-state index is -0.734. The largest absolute Gasteiger partial charge is 0.497 e. The van der Waals surface area contributed by atoms with E-state index in [4.69, 9.17) is 15.2 Å². The van der Waals surface area contributed by atoms with E-state index in [0.717, 1.165) is 36.1 Å². The summed E-state index contributed by atoms with van der Waals surface area (Å²) >= 11 is 1.44. The van der Waals surface area contributed by atoms with Crippen LogP contribution in [0.1, 0.15) is 40.6 Å². The zero-order valence-corrected chi connectivity index (χ0v) is 15.7. The maximum absolute atomic E-state index is 12.5. The lowest BCUT2D eigenvalue weighted by Gasteiger charge is -2.15. The molecule has 3 rings (SSSR count). The van der Waals surface area contributed by atoms with Crippen molar-refractivity contribution in [2.45, 2.75) is 38.7 Å². The second kappa shape index (κ2) is 7.78. The number of ether oxygens (including phenoxy) is 2. The number of hydrogen-bond acceptors (Lipinski definition) is 5. The molecule has 3 N–H and O–H groups in total. The number of nitrogens with two attached hydrogens (primary N) is 1. The van der Waals surface area contributed by atoms with Gasteiger partial charge in [-0.1, -0.05) is 6.07 Å². The van der Waals surface area contributed by atoms with Crippen LogP contribution in [0.15, 0.2) is 24.3 Å². The molecule has 7 heteroatoms. The van der Waals surface area contributed by atoms with Gasteiger partial charge in [-0.25, -0.2) is 0 Å². The summed E-state index contributed by atoms with van der Waals surface area (Å²) in [6.45, 7) is 1.66. The second-order valence-corrected chi connectivity index (χ2v) is 7.31. The summed E-state index contributed by atoms with van der Waals surface area (Å²) in [6, 6.07) is 7.05. The van der Waals surface area contributed by atoms with Gasteiger partial charge in [-0.15, -0.1) is 11.3 Å². The topological polar surface area (TPSA) is 90.7 Å². The summed E-state index contributed by atoms with van der Waals surface area (Å²) in [6.07, 6.45) is 3.14. The van der Waals surface area contributed by atoms with Crippen molar-refractivity contribution in [3.8, 4) is 11.5 Å². The Kier molecular flexibility index (Phi) is 5.46. The molecule has 2 amide bonds. The maximum Gasteiger partial charge on any atom is 0.265 e. The molecule has 0 spiro atoms. The summed E-state index contributed by atoms with van der Waals surface area (Å²) in [5.41, 5.74) is 7.00. The van der Waals surface area contributed by atoms with E-state index in [1.54, 1.807) is 38.3 Å². The van der Waals surface area contributed by atoms with Gasteiger partial charge in [0.05, 0.1) is 12.7 Å². The number of hydrogen-bond donors (Lipinski definition) is 2. The third kappa shape index (κ3) is 3.83. The number of fused-ring (bicyclic) bond motifs is 1. The molecule has 0 aliphatic heterocycles. The maximum atomic E-state index is 12.5. The van der Waals surface area contributed by atoms with Crippen LogP contribution >= 0.6 is 11.3 Å². The van der Waals surface area contributed by atoms with Gasteiger partial charge in [-0.05, 0) is 50.3 Å². The first-order chi connectivity index (χ1) is 12.5. The Balaban J connectivity index is 1.75. The van der Waals surface area contributed by atoms with Crippen molar-refractivity contribution in [3.63, 3.8) is 0 Å². The monoisotopic (exact) mass is 374 g/mol. The summed E-state index contributed by atoms with van der Waals surface area (Å²) in [7, 11) is 1.57. The summed E-state index contributed by atoms with van der Waals surface area (Å²) < 4.78 is 10.8. The highest BCUT2D eigenvalue weighted by atomic mass is 32.1. The summed E-state index contributed by atoms with van der Waals surface area (Å²) in [5, 5.41) is 3.34. The van der Waals surface area contributed by atoms with Gasteiger partial charge in [-0.3, -0.25) is 9.59 Å². The molecule has 1 heterocycles. The van der Waals surface area contributed by atoms with E-state index in [1.807, 2.05) is 0 Å². The van der Waals surface area contributed by atoms with Crippen molar-refractivity contribution >= 4 is 28.2 Å². The van der Waals surface area contributed by atoms with E-state index in [0.29, 0.717) is 22.1 Å². The van der Waals surface area contributed by atoms with Gasteiger partial charge in [0.2, 0.25) is 0 Å². The third-order valence-corrected chi connectivity index (χ3v) is 5.58. The smallest absolute Gasteiger partial charge is 0.265 e. The fourth-order valence-corrected chi connectivity index (χ4v) is 4.36. The summed E-state index contributed by atoms with van der Waals surface area (Å²) in [4.78, 5) is 25.6. The van der Waals surface area contributed by atoms with E-state index >= 15 is 0 Å². The quantitative estimate of drug-likeness (QED) is 0.813. The number of nitrogens with one attached hydrogen (secondary N) is 1. The third-order valence-electron chi connectivity index (χ3n) is 4.38. The number of benzene rings is 1. The van der Waals surface area contributed by atoms with Crippen LogP contribution in [-0.2, 0) is 17.6 Å². The molecule has 26 heavy (non-hydrogen) atoms. The zero-order valence-electron chi connectivity index (χ0n) is 14.8. The molecular formula is C19H22N2O4S. The van der Waals surface area contributed by atoms with Crippen LogP contribution in [0.5, 0.6) is 11.5 Å². The van der Waals surface area contributed by atoms with Crippen LogP contribution in [0.2, 0.25) is 0 Å². The van der Waals surface area contributed by atoms with Crippen molar-refractivity contribution < 1.29 is 19.1 Å². The Morgan fingerprint density at radius 1 is 1.23 bits per heavy atom. The Morgan fingerprint density at radius 3 is 2.69 bits per heavy atom. The van der Waals surface area contributed by atoms with Gasteiger partial charge in [0, 0.05) is 10.9 Å². The molecule has 1 atom stereocenters. The standard InChI is InChI=1S/C19H22N2O4S/c1-11(25-13-7-5-6-12(10-13)24-2)18(23)21-19-16(17(20)22)14-8-3-4-9-15(14)26-19/h5-7,10-11H,3-4,8-9H2,1-2H3,(H2,20,22)(H,21,23). The molecule has 1 aliphatic rings. The SMILES string of the molecule is COc1cccc(OC(C)C(=O)Nc2sc3c(c2C(N)=O)CCCC3)c1. The van der Waals surface area contributed by atoms with Crippen LogP contribution in [0.4, 0.5) is 5.00 Å². The zero-order chi connectivity index (χ0) is 18.7. The van der Waals surface area contributed by atoms with Gasteiger partial charge in [0.1, 0.15) is 16.5 Å². The normalized spacial score (nSPS) is 14.2. The lowest BCUT2D eigenvalue weighted by Crippen LogP contribution is -2.30. The number of anilines is 1. The molecule has 1 aromatic carbocycles. The Bertz CT molecular complexity index is 831. The molecule has 2 aromatic rings. The molecule has 0 radical (unpaired) electrons. The molecule has 1 aliphatic carbocycles. The lowest BCUT2D eigenvalue weighted by atomic mass is 9.95. The van der Waals surface area contributed by atoms with E-state index < -0.39 is 12.0 Å². The number of carbonyl (C=O) groups excluding carboxylic acids is 2. The number of thiophene rings is 1. The molecule has 1 aromatic heterocycles. The van der Waals surface area contributed by atoms with Crippen LogP contribution in [0.25, 0.3) is 0 Å². The van der Waals surface area contributed by atoms with Crippen LogP contribution < -0.4 is 20.5 Å². The fraction of sp³-hybridized carbons (Fsp3) is 0.368. The predicted octanol–water partition coefficient (Wildman–Crippen LogP) is 3.14. The van der Waals surface area contributed by atoms with Gasteiger partial charge in [0.25, 0.3) is 11.8 Å². The first-order valence-corrected chi connectivity index (χ1v) is 9.37. The van der Waals surface area contributed by atoms with Gasteiger partial charge in [0.15, 0.2) is 6.10 Å². The van der Waals surface area contributed by atoms with Crippen molar-refractivity contribution in [2.24, 2.45) is 5.73 Å². The van der Waals surface area contributed by atoms with E-state index in [2.05, 4.69) is 5.32 Å². The molecule has 0 saturated heterocycles.